The smallest absolute Gasteiger partial charge is 0.168 e. The van der Waals surface area contributed by atoms with Gasteiger partial charge < -0.3 is 9.64 Å². The molecule has 1 saturated heterocycles. The second-order valence-corrected chi connectivity index (χ2v) is 8.79. The molecule has 2 heterocycles. The molecule has 2 aromatic rings. The van der Waals surface area contributed by atoms with E-state index in [4.69, 9.17) is 4.74 Å². The van der Waals surface area contributed by atoms with Crippen LogP contribution in [0.5, 0.6) is 5.75 Å². The molecule has 1 aliphatic heterocycles. The third-order valence-electron chi connectivity index (χ3n) is 6.37. The Morgan fingerprint density at radius 2 is 1.72 bits per heavy atom. The molecule has 4 rings (SSSR count). The first-order valence-electron chi connectivity index (χ1n) is 11.1. The van der Waals surface area contributed by atoms with Crippen molar-refractivity contribution >= 4 is 5.69 Å². The lowest BCUT2D eigenvalue weighted by molar-refractivity contribution is 0.150. The number of hydrogen-bond donors (Lipinski definition) is 0. The van der Waals surface area contributed by atoms with Crippen molar-refractivity contribution in [3.05, 3.63) is 30.1 Å². The van der Waals surface area contributed by atoms with Gasteiger partial charge in [0, 0.05) is 31.9 Å². The molecule has 158 valence electrons. The normalized spacial score (nSPS) is 19.8. The maximum Gasteiger partial charge on any atom is 0.168 e. The average Bonchev–Trinajstić information content (AvgIpc) is 3.44. The number of tetrazole rings is 1. The Morgan fingerprint density at radius 3 is 2.34 bits per heavy atom. The van der Waals surface area contributed by atoms with Gasteiger partial charge in [-0.15, -0.1) is 5.10 Å². The molecule has 1 atom stereocenters. The minimum atomic E-state index is 0.295. The van der Waals surface area contributed by atoms with Gasteiger partial charge in [-0.3, -0.25) is 4.90 Å². The Balaban J connectivity index is 1.47. The van der Waals surface area contributed by atoms with E-state index in [1.807, 2.05) is 12.1 Å². The third-order valence-corrected chi connectivity index (χ3v) is 6.37. The number of piperazine rings is 1. The van der Waals surface area contributed by atoms with E-state index < -0.39 is 0 Å². The first-order chi connectivity index (χ1) is 14.2. The summed E-state index contributed by atoms with van der Waals surface area (Å²) in [5.41, 5.74) is 1.27. The zero-order valence-corrected chi connectivity index (χ0v) is 18.0. The average molecular weight is 399 g/mol. The number of benzene rings is 1. The monoisotopic (exact) mass is 398 g/mol. The van der Waals surface area contributed by atoms with Gasteiger partial charge in [0.15, 0.2) is 5.82 Å². The van der Waals surface area contributed by atoms with Crippen LogP contribution in [-0.4, -0.2) is 58.4 Å². The van der Waals surface area contributed by atoms with Crippen molar-refractivity contribution < 1.29 is 4.74 Å². The molecule has 1 aromatic heterocycles. The summed E-state index contributed by atoms with van der Waals surface area (Å²) in [6.07, 6.45) is 6.09. The van der Waals surface area contributed by atoms with Gasteiger partial charge in [-0.25, -0.2) is 4.68 Å². The van der Waals surface area contributed by atoms with Crippen LogP contribution in [0.2, 0.25) is 0 Å². The Labute approximate surface area is 174 Å². The molecule has 1 aromatic carbocycles. The summed E-state index contributed by atoms with van der Waals surface area (Å²) in [6, 6.07) is 9.17. The number of aromatic nitrogens is 4. The first-order valence-corrected chi connectivity index (χ1v) is 11.1. The lowest BCUT2D eigenvalue weighted by atomic mass is 10.0. The van der Waals surface area contributed by atoms with Gasteiger partial charge in [-0.05, 0) is 59.9 Å². The number of nitrogens with zero attached hydrogens (tertiary/aromatic N) is 6. The van der Waals surface area contributed by atoms with Crippen molar-refractivity contribution in [2.24, 2.45) is 5.92 Å². The summed E-state index contributed by atoms with van der Waals surface area (Å²) < 4.78 is 7.44. The van der Waals surface area contributed by atoms with Crippen molar-refractivity contribution in [1.29, 1.82) is 0 Å². The fraction of sp³-hybridized carbons (Fsp3) is 0.682. The summed E-state index contributed by atoms with van der Waals surface area (Å²) in [5, 5.41) is 13.0. The number of ether oxygens (including phenoxy) is 1. The molecular weight excluding hydrogens is 364 g/mol. The van der Waals surface area contributed by atoms with Crippen LogP contribution in [0.15, 0.2) is 24.3 Å². The van der Waals surface area contributed by atoms with E-state index in [9.17, 15) is 0 Å². The molecule has 0 spiro atoms. The van der Waals surface area contributed by atoms with Crippen molar-refractivity contribution in [3.63, 3.8) is 0 Å². The third kappa shape index (κ3) is 4.55. The van der Waals surface area contributed by atoms with Gasteiger partial charge in [-0.1, -0.05) is 26.7 Å². The second kappa shape index (κ2) is 9.11. The summed E-state index contributed by atoms with van der Waals surface area (Å²) in [6.45, 7) is 8.69. The van der Waals surface area contributed by atoms with Crippen LogP contribution >= 0.6 is 0 Å². The van der Waals surface area contributed by atoms with Gasteiger partial charge in [0.25, 0.3) is 0 Å². The maximum atomic E-state index is 5.29. The second-order valence-electron chi connectivity index (χ2n) is 8.79. The molecule has 0 bridgehead atoms. The van der Waals surface area contributed by atoms with Gasteiger partial charge in [0.05, 0.1) is 19.2 Å². The molecule has 1 aliphatic carbocycles. The standard InChI is InChI=1S/C22H34N6O/c1-17(2)16-21(22-23-24-25-28(22)19-6-4-5-7-19)27-14-12-26(13-15-27)18-8-10-20(29-3)11-9-18/h8-11,17,19,21H,4-7,12-16H2,1-3H3/t21-/m1/s1. The van der Waals surface area contributed by atoms with E-state index in [-0.39, 0.29) is 0 Å². The van der Waals surface area contributed by atoms with Crippen LogP contribution in [0.25, 0.3) is 0 Å². The number of methoxy groups -OCH3 is 1. The lowest BCUT2D eigenvalue weighted by Crippen LogP contribution is -2.48. The van der Waals surface area contributed by atoms with Gasteiger partial charge in [-0.2, -0.15) is 0 Å². The van der Waals surface area contributed by atoms with Crippen LogP contribution < -0.4 is 9.64 Å². The maximum absolute atomic E-state index is 5.29. The Bertz CT molecular complexity index is 760. The molecule has 0 unspecified atom stereocenters. The molecule has 29 heavy (non-hydrogen) atoms. The highest BCUT2D eigenvalue weighted by atomic mass is 16.5. The number of rotatable bonds is 7. The molecule has 2 aliphatic rings. The molecule has 7 nitrogen and oxygen atoms in total. The van der Waals surface area contributed by atoms with Gasteiger partial charge >= 0.3 is 0 Å². The molecule has 1 saturated carbocycles. The Hall–Kier alpha value is -2.15. The predicted octanol–water partition coefficient (Wildman–Crippen LogP) is 3.71. The van der Waals surface area contributed by atoms with Crippen LogP contribution in [-0.2, 0) is 0 Å². The zero-order valence-electron chi connectivity index (χ0n) is 18.0. The highest BCUT2D eigenvalue weighted by molar-refractivity contribution is 5.49. The van der Waals surface area contributed by atoms with Crippen LogP contribution in [0.4, 0.5) is 5.69 Å². The molecule has 0 N–H and O–H groups in total. The number of hydrogen-bond acceptors (Lipinski definition) is 6. The first kappa shape index (κ1) is 20.1. The summed E-state index contributed by atoms with van der Waals surface area (Å²) in [7, 11) is 1.71. The highest BCUT2D eigenvalue weighted by Crippen LogP contribution is 2.34. The topological polar surface area (TPSA) is 59.3 Å². The Morgan fingerprint density at radius 1 is 1.03 bits per heavy atom. The molecule has 7 heteroatoms. The van der Waals surface area contributed by atoms with Crippen molar-refractivity contribution in [2.75, 3.05) is 38.2 Å². The van der Waals surface area contributed by atoms with Crippen LogP contribution in [0.3, 0.4) is 0 Å². The SMILES string of the molecule is COc1ccc(N2CCN([C@H](CC(C)C)c3nnnn3C3CCCC3)CC2)cc1. The largest absolute Gasteiger partial charge is 0.497 e. The molecular formula is C22H34N6O. The van der Waals surface area contributed by atoms with Crippen LogP contribution in [0, 0.1) is 5.92 Å². The zero-order chi connectivity index (χ0) is 20.2. The lowest BCUT2D eigenvalue weighted by Gasteiger charge is -2.40. The minimum Gasteiger partial charge on any atom is -0.497 e. The fourth-order valence-corrected chi connectivity index (χ4v) is 4.78. The van der Waals surface area contributed by atoms with E-state index in [2.05, 4.69) is 56.0 Å². The van der Waals surface area contributed by atoms with E-state index in [1.54, 1.807) is 7.11 Å². The van der Waals surface area contributed by atoms with Gasteiger partial charge in [0.2, 0.25) is 0 Å². The van der Waals surface area contributed by atoms with Gasteiger partial charge in [0.1, 0.15) is 5.75 Å². The van der Waals surface area contributed by atoms with Crippen molar-refractivity contribution in [2.45, 2.75) is 58.0 Å². The molecule has 0 amide bonds. The molecule has 2 fully saturated rings. The van der Waals surface area contributed by atoms with E-state index in [1.165, 1.54) is 31.4 Å². The summed E-state index contributed by atoms with van der Waals surface area (Å²) in [5.74, 6) is 2.58. The summed E-state index contributed by atoms with van der Waals surface area (Å²) >= 11 is 0. The fourth-order valence-electron chi connectivity index (χ4n) is 4.78. The minimum absolute atomic E-state index is 0.295. The van der Waals surface area contributed by atoms with E-state index >= 15 is 0 Å². The Kier molecular flexibility index (Phi) is 6.33. The quantitative estimate of drug-likeness (QED) is 0.709. The van der Waals surface area contributed by atoms with E-state index in [0.29, 0.717) is 18.0 Å². The summed E-state index contributed by atoms with van der Waals surface area (Å²) in [4.78, 5) is 5.06. The molecule has 0 radical (unpaired) electrons. The van der Waals surface area contributed by atoms with Crippen molar-refractivity contribution in [1.82, 2.24) is 25.1 Å². The van der Waals surface area contributed by atoms with Crippen LogP contribution in [0.1, 0.15) is 63.9 Å². The van der Waals surface area contributed by atoms with Crippen molar-refractivity contribution in [3.8, 4) is 5.75 Å². The number of anilines is 1. The van der Waals surface area contributed by atoms with E-state index in [0.717, 1.165) is 44.2 Å². The highest BCUT2D eigenvalue weighted by Gasteiger charge is 2.32. The predicted molar refractivity (Wildman–Crippen MR) is 114 cm³/mol.